The zero-order chi connectivity index (χ0) is 26.3. The van der Waals surface area contributed by atoms with Crippen LogP contribution < -0.4 is 4.74 Å². The van der Waals surface area contributed by atoms with Gasteiger partial charge in [-0.3, -0.25) is 4.79 Å². The number of hydrogen-bond donors (Lipinski definition) is 3. The van der Waals surface area contributed by atoms with E-state index in [1.54, 1.807) is 0 Å². The Kier molecular flexibility index (Phi) is 9.37. The van der Waals surface area contributed by atoms with Gasteiger partial charge in [-0.05, 0) is 92.7 Å². The molecule has 3 N–H and O–H groups in total. The normalized spacial score (nSPS) is 16.1. The maximum atomic E-state index is 10.7. The van der Waals surface area contributed by atoms with Gasteiger partial charge in [0.15, 0.2) is 0 Å². The number of benzene rings is 2. The van der Waals surface area contributed by atoms with Crippen LogP contribution in [0.4, 0.5) is 0 Å². The second-order valence-corrected chi connectivity index (χ2v) is 10.4. The Balaban J connectivity index is 1.76. The Hall–Kier alpha value is -2.63. The molecular formula is C31H42O5. The number of aryl methyl sites for hydroxylation is 2. The Labute approximate surface area is 215 Å². The predicted octanol–water partition coefficient (Wildman–Crippen LogP) is 6.33. The maximum absolute atomic E-state index is 10.7. The highest BCUT2D eigenvalue weighted by Gasteiger charge is 2.32. The minimum Gasteiger partial charge on any atom is -0.491 e. The topological polar surface area (TPSA) is 87.0 Å². The summed E-state index contributed by atoms with van der Waals surface area (Å²) in [4.78, 5) is 10.7. The summed E-state index contributed by atoms with van der Waals surface area (Å²) >= 11 is 0. The SMILES string of the molecule is CCC(CC)(c1ccc(/C=C/C2(O)CCC2)c(C)c1)c1ccc(OC[C@H](O)CCCC(=O)O)c(C)c1. The van der Waals surface area contributed by atoms with Gasteiger partial charge < -0.3 is 20.1 Å². The monoisotopic (exact) mass is 494 g/mol. The van der Waals surface area contributed by atoms with Crippen LogP contribution in [0.1, 0.15) is 93.0 Å². The third kappa shape index (κ3) is 6.57. The van der Waals surface area contributed by atoms with Gasteiger partial charge in [-0.1, -0.05) is 56.3 Å². The summed E-state index contributed by atoms with van der Waals surface area (Å²) in [5, 5.41) is 29.3. The van der Waals surface area contributed by atoms with E-state index in [0.717, 1.165) is 49.0 Å². The third-order valence-electron chi connectivity index (χ3n) is 7.91. The summed E-state index contributed by atoms with van der Waals surface area (Å²) < 4.78 is 5.87. The number of carboxylic acids is 1. The van der Waals surface area contributed by atoms with Gasteiger partial charge in [-0.2, -0.15) is 0 Å². The lowest BCUT2D eigenvalue weighted by molar-refractivity contribution is -0.137. The number of aliphatic hydroxyl groups excluding tert-OH is 1. The molecule has 0 radical (unpaired) electrons. The Morgan fingerprint density at radius 2 is 1.72 bits per heavy atom. The van der Waals surface area contributed by atoms with Crippen molar-refractivity contribution in [1.29, 1.82) is 0 Å². The average molecular weight is 495 g/mol. The van der Waals surface area contributed by atoms with E-state index in [2.05, 4.69) is 57.2 Å². The van der Waals surface area contributed by atoms with Gasteiger partial charge in [0.2, 0.25) is 0 Å². The molecule has 1 fully saturated rings. The molecule has 2 aromatic carbocycles. The Bertz CT molecular complexity index is 1060. The van der Waals surface area contributed by atoms with Gasteiger partial charge in [0, 0.05) is 11.8 Å². The van der Waals surface area contributed by atoms with Crippen molar-refractivity contribution in [3.05, 3.63) is 70.3 Å². The van der Waals surface area contributed by atoms with Crippen LogP contribution in [0.25, 0.3) is 6.08 Å². The molecule has 0 saturated heterocycles. The maximum Gasteiger partial charge on any atom is 0.303 e. The quantitative estimate of drug-likeness (QED) is 0.303. The number of aliphatic hydroxyl groups is 2. The summed E-state index contributed by atoms with van der Waals surface area (Å²) in [5.41, 5.74) is 5.13. The number of aliphatic carboxylic acids is 1. The molecule has 1 aliphatic rings. The van der Waals surface area contributed by atoms with E-state index < -0.39 is 17.7 Å². The molecule has 0 aromatic heterocycles. The van der Waals surface area contributed by atoms with Crippen LogP contribution in [0.5, 0.6) is 5.75 Å². The average Bonchev–Trinajstić information content (AvgIpc) is 2.82. The van der Waals surface area contributed by atoms with Crippen LogP contribution in [-0.2, 0) is 10.2 Å². The molecule has 0 amide bonds. The fourth-order valence-electron chi connectivity index (χ4n) is 5.21. The van der Waals surface area contributed by atoms with Gasteiger partial charge >= 0.3 is 5.97 Å². The van der Waals surface area contributed by atoms with Crippen molar-refractivity contribution in [2.24, 2.45) is 0 Å². The lowest BCUT2D eigenvalue weighted by Gasteiger charge is -2.34. The molecule has 2 aromatic rings. The van der Waals surface area contributed by atoms with Crippen LogP contribution in [0.15, 0.2) is 42.5 Å². The number of ether oxygens (including phenoxy) is 1. The molecule has 0 bridgehead atoms. The number of rotatable bonds is 13. The van der Waals surface area contributed by atoms with Gasteiger partial charge in [0.05, 0.1) is 11.7 Å². The molecule has 196 valence electrons. The molecule has 1 saturated carbocycles. The summed E-state index contributed by atoms with van der Waals surface area (Å²) in [6, 6.07) is 13.0. The van der Waals surface area contributed by atoms with Crippen molar-refractivity contribution in [2.45, 2.75) is 96.2 Å². The van der Waals surface area contributed by atoms with Crippen molar-refractivity contribution in [3.63, 3.8) is 0 Å². The Morgan fingerprint density at radius 1 is 1.08 bits per heavy atom. The van der Waals surface area contributed by atoms with Gasteiger partial charge in [0.25, 0.3) is 0 Å². The highest BCUT2D eigenvalue weighted by Crippen LogP contribution is 2.41. The molecule has 0 heterocycles. The molecular weight excluding hydrogens is 452 g/mol. The van der Waals surface area contributed by atoms with Crippen LogP contribution in [-0.4, -0.2) is 39.6 Å². The lowest BCUT2D eigenvalue weighted by atomic mass is 9.70. The van der Waals surface area contributed by atoms with Gasteiger partial charge in [-0.25, -0.2) is 0 Å². The number of hydrogen-bond acceptors (Lipinski definition) is 4. The first-order valence-electron chi connectivity index (χ1n) is 13.3. The van der Waals surface area contributed by atoms with Crippen LogP contribution in [0.3, 0.4) is 0 Å². The zero-order valence-electron chi connectivity index (χ0n) is 22.2. The van der Waals surface area contributed by atoms with E-state index in [1.165, 1.54) is 16.7 Å². The van der Waals surface area contributed by atoms with Crippen molar-refractivity contribution in [2.75, 3.05) is 6.61 Å². The van der Waals surface area contributed by atoms with Gasteiger partial charge in [0.1, 0.15) is 12.4 Å². The predicted molar refractivity (Wildman–Crippen MR) is 145 cm³/mol. The Morgan fingerprint density at radius 3 is 2.25 bits per heavy atom. The van der Waals surface area contributed by atoms with Crippen molar-refractivity contribution >= 4 is 12.0 Å². The fourth-order valence-corrected chi connectivity index (χ4v) is 5.21. The largest absolute Gasteiger partial charge is 0.491 e. The number of carboxylic acid groups (broad SMARTS) is 1. The second-order valence-electron chi connectivity index (χ2n) is 10.4. The van der Waals surface area contributed by atoms with E-state index >= 15 is 0 Å². The van der Waals surface area contributed by atoms with Crippen molar-refractivity contribution < 1.29 is 24.9 Å². The third-order valence-corrected chi connectivity index (χ3v) is 7.91. The highest BCUT2D eigenvalue weighted by molar-refractivity contribution is 5.66. The van der Waals surface area contributed by atoms with Crippen molar-refractivity contribution in [3.8, 4) is 5.75 Å². The van der Waals surface area contributed by atoms with Crippen LogP contribution in [0.2, 0.25) is 0 Å². The fraction of sp³-hybridized carbons (Fsp3) is 0.516. The van der Waals surface area contributed by atoms with E-state index in [9.17, 15) is 15.0 Å². The van der Waals surface area contributed by atoms with Gasteiger partial charge in [-0.15, -0.1) is 0 Å². The molecule has 5 nitrogen and oxygen atoms in total. The first kappa shape index (κ1) is 27.9. The summed E-state index contributed by atoms with van der Waals surface area (Å²) in [7, 11) is 0. The van der Waals surface area contributed by atoms with E-state index in [-0.39, 0.29) is 18.4 Å². The minimum atomic E-state index is -0.849. The molecule has 1 aliphatic carbocycles. The molecule has 0 spiro atoms. The molecule has 5 heteroatoms. The molecule has 0 aliphatic heterocycles. The first-order chi connectivity index (χ1) is 17.1. The molecule has 36 heavy (non-hydrogen) atoms. The van der Waals surface area contributed by atoms with E-state index in [1.807, 2.05) is 19.1 Å². The molecule has 1 atom stereocenters. The smallest absolute Gasteiger partial charge is 0.303 e. The molecule has 3 rings (SSSR count). The minimum absolute atomic E-state index is 0.0554. The standard InChI is InChI=1S/C31H42O5/c1-5-31(6-2,25-12-11-24(22(3)19-25)15-18-30(35)16-8-17-30)26-13-14-28(23(4)20-26)36-21-27(32)9-7-10-29(33)34/h11-15,18-20,27,32,35H,5-10,16-17,21H2,1-4H3,(H,33,34)/b18-15+/t27-/m1/s1. The first-order valence-corrected chi connectivity index (χ1v) is 13.3. The zero-order valence-corrected chi connectivity index (χ0v) is 22.2. The number of carbonyl (C=O) groups is 1. The van der Waals surface area contributed by atoms with Crippen molar-refractivity contribution in [1.82, 2.24) is 0 Å². The molecule has 0 unspecified atom stereocenters. The highest BCUT2D eigenvalue weighted by atomic mass is 16.5. The van der Waals surface area contributed by atoms with Crippen LogP contribution in [0, 0.1) is 13.8 Å². The van der Waals surface area contributed by atoms with E-state index in [4.69, 9.17) is 9.84 Å². The summed E-state index contributed by atoms with van der Waals surface area (Å²) in [5.74, 6) is -0.110. The lowest BCUT2D eigenvalue weighted by Crippen LogP contribution is -2.33. The van der Waals surface area contributed by atoms with Crippen LogP contribution >= 0.6 is 0 Å². The van der Waals surface area contributed by atoms with E-state index in [0.29, 0.717) is 12.8 Å². The second kappa shape index (κ2) is 12.1. The summed E-state index contributed by atoms with van der Waals surface area (Å²) in [6.07, 6.45) is 8.92. The summed E-state index contributed by atoms with van der Waals surface area (Å²) in [6.45, 7) is 8.76.